The van der Waals surface area contributed by atoms with Crippen LogP contribution in [-0.2, 0) is 4.79 Å². The van der Waals surface area contributed by atoms with Gasteiger partial charge in [-0.25, -0.2) is 19.7 Å². The Labute approximate surface area is 323 Å². The van der Waals surface area contributed by atoms with Gasteiger partial charge in [-0.05, 0) is 120 Å². The molecule has 0 bridgehead atoms. The van der Waals surface area contributed by atoms with E-state index in [4.69, 9.17) is 9.47 Å². The molecule has 1 aliphatic rings. The number of carbonyl (C=O) groups excluding carboxylic acids is 4. The van der Waals surface area contributed by atoms with Crippen LogP contribution in [0.1, 0.15) is 57.5 Å². The zero-order chi connectivity index (χ0) is 40.2. The Kier molecular flexibility index (Phi) is 11.3. The zero-order valence-corrected chi connectivity index (χ0v) is 31.2. The van der Waals surface area contributed by atoms with Gasteiger partial charge in [0.05, 0.1) is 19.9 Å². The second-order valence-electron chi connectivity index (χ2n) is 12.7. The first kappa shape index (κ1) is 39.3. The SMILES string of the molecule is COc1ccc(C(=O)Nc2cc(C(C)C3(C(C)c4ccnc(NC(=O)c5ccc(OC)cc5)c4)NC(=O)N(c4ccc(SC(F)(F)F)cc4)C3=O)ccn2)cc1. The molecule has 5 amide bonds. The molecule has 0 aliphatic carbocycles. The number of nitrogens with zero attached hydrogens (tertiary/aromatic N) is 3. The van der Waals surface area contributed by atoms with Crippen molar-refractivity contribution in [3.8, 4) is 11.5 Å². The third-order valence-corrected chi connectivity index (χ3v) is 10.3. The van der Waals surface area contributed by atoms with Crippen LogP contribution in [0, 0.1) is 0 Å². The maximum atomic E-state index is 14.8. The number of pyridine rings is 2. The number of ether oxygens (including phenoxy) is 2. The lowest BCUT2D eigenvalue weighted by Crippen LogP contribution is -2.55. The van der Waals surface area contributed by atoms with E-state index >= 15 is 0 Å². The molecule has 5 aromatic rings. The Bertz CT molecular complexity index is 2140. The Hall–Kier alpha value is -6.42. The number of urea groups is 1. The van der Waals surface area contributed by atoms with Gasteiger partial charge in [0.2, 0.25) is 0 Å². The molecule has 6 rings (SSSR count). The summed E-state index contributed by atoms with van der Waals surface area (Å²) in [5.41, 5.74) is -4.46. The van der Waals surface area contributed by atoms with Gasteiger partial charge >= 0.3 is 11.5 Å². The predicted octanol–water partition coefficient (Wildman–Crippen LogP) is 8.01. The fraction of sp³-hybridized carbons (Fsp3) is 0.200. The van der Waals surface area contributed by atoms with Crippen molar-refractivity contribution in [2.24, 2.45) is 0 Å². The number of hydrogen-bond donors (Lipinski definition) is 3. The third kappa shape index (κ3) is 8.29. The van der Waals surface area contributed by atoms with E-state index in [-0.39, 0.29) is 34.0 Å². The van der Waals surface area contributed by atoms with Gasteiger partial charge in [-0.1, -0.05) is 13.8 Å². The highest BCUT2D eigenvalue weighted by atomic mass is 32.2. The van der Waals surface area contributed by atoms with Crippen LogP contribution in [0.4, 0.5) is 35.3 Å². The van der Waals surface area contributed by atoms with Crippen molar-refractivity contribution in [1.82, 2.24) is 15.3 Å². The molecule has 2 aromatic heterocycles. The number of thioether (sulfide) groups is 1. The molecule has 2 unspecified atom stereocenters. The monoisotopic (exact) mass is 784 g/mol. The van der Waals surface area contributed by atoms with Gasteiger partial charge in [0, 0.05) is 40.3 Å². The number of halogens is 3. The van der Waals surface area contributed by atoms with Crippen LogP contribution in [0.25, 0.3) is 0 Å². The lowest BCUT2D eigenvalue weighted by molar-refractivity contribution is -0.123. The van der Waals surface area contributed by atoms with Crippen molar-refractivity contribution >= 4 is 52.8 Å². The minimum atomic E-state index is -4.53. The van der Waals surface area contributed by atoms with Crippen LogP contribution in [0.15, 0.2) is 114 Å². The third-order valence-electron chi connectivity index (χ3n) is 9.52. The summed E-state index contributed by atoms with van der Waals surface area (Å²) in [5.74, 6) is -1.68. The average molecular weight is 785 g/mol. The zero-order valence-electron chi connectivity index (χ0n) is 30.4. The van der Waals surface area contributed by atoms with Gasteiger partial charge in [0.25, 0.3) is 17.7 Å². The Morgan fingerprint density at radius 1 is 0.732 bits per heavy atom. The molecule has 3 N–H and O–H groups in total. The highest BCUT2D eigenvalue weighted by molar-refractivity contribution is 8.00. The second kappa shape index (κ2) is 16.1. The number of aromatic nitrogens is 2. The standard InChI is InChI=1S/C40H35F3N6O6S/c1-23(27-17-19-44-33(21-27)46-35(50)25-5-11-30(54-3)12-6-25)39(37(52)49(38(53)48-39)29-9-15-32(16-10-29)56-40(41,42)43)24(2)28-18-20-45-34(22-28)47-36(51)26-7-13-31(55-4)14-8-26/h5-24H,1-4H3,(H,48,53)(H,44,46,50)(H,45,47,51). The number of alkyl halides is 3. The molecule has 12 nitrogen and oxygen atoms in total. The van der Waals surface area contributed by atoms with Crippen LogP contribution in [0.3, 0.4) is 0 Å². The molecule has 288 valence electrons. The summed E-state index contributed by atoms with van der Waals surface area (Å²) in [6.45, 7) is 3.47. The summed E-state index contributed by atoms with van der Waals surface area (Å²) in [6, 6.07) is 23.6. The van der Waals surface area contributed by atoms with Crippen molar-refractivity contribution in [3.05, 3.63) is 132 Å². The topological polar surface area (TPSA) is 152 Å². The fourth-order valence-electron chi connectivity index (χ4n) is 6.51. The summed E-state index contributed by atoms with van der Waals surface area (Å²) in [5, 5.41) is 8.45. The van der Waals surface area contributed by atoms with Crippen molar-refractivity contribution in [3.63, 3.8) is 0 Å². The lowest BCUT2D eigenvalue weighted by Gasteiger charge is -2.39. The van der Waals surface area contributed by atoms with Gasteiger partial charge in [-0.2, -0.15) is 13.2 Å². The first-order valence-corrected chi connectivity index (χ1v) is 17.9. The number of benzene rings is 3. The maximum Gasteiger partial charge on any atom is 0.446 e. The molecule has 16 heteroatoms. The molecule has 56 heavy (non-hydrogen) atoms. The first-order valence-electron chi connectivity index (χ1n) is 17.1. The van der Waals surface area contributed by atoms with Crippen LogP contribution in [0.5, 0.6) is 11.5 Å². The minimum Gasteiger partial charge on any atom is -0.497 e. The second-order valence-corrected chi connectivity index (χ2v) is 13.9. The van der Waals surface area contributed by atoms with E-state index in [1.807, 2.05) is 0 Å². The highest BCUT2D eigenvalue weighted by Crippen LogP contribution is 2.46. The quantitative estimate of drug-likeness (QED) is 0.0844. The van der Waals surface area contributed by atoms with Crippen LogP contribution in [-0.4, -0.2) is 59.0 Å². The molecular formula is C40H35F3N6O6S. The predicted molar refractivity (Wildman–Crippen MR) is 204 cm³/mol. The van der Waals surface area contributed by atoms with E-state index in [2.05, 4.69) is 25.9 Å². The molecule has 0 spiro atoms. The molecule has 0 saturated carbocycles. The minimum absolute atomic E-state index is 0.0599. The van der Waals surface area contributed by atoms with E-state index < -0.39 is 46.6 Å². The summed E-state index contributed by atoms with van der Waals surface area (Å²) < 4.78 is 49.5. The molecule has 1 aliphatic heterocycles. The lowest BCUT2D eigenvalue weighted by atomic mass is 9.70. The maximum absolute atomic E-state index is 14.8. The average Bonchev–Trinajstić information content (AvgIpc) is 3.46. The summed E-state index contributed by atoms with van der Waals surface area (Å²) in [6.07, 6.45) is 2.92. The molecule has 2 atom stereocenters. The largest absolute Gasteiger partial charge is 0.497 e. The number of hydrogen-bond acceptors (Lipinski definition) is 9. The molecular weight excluding hydrogens is 750 g/mol. The van der Waals surface area contributed by atoms with Crippen molar-refractivity contribution in [2.45, 2.75) is 41.6 Å². The summed E-state index contributed by atoms with van der Waals surface area (Å²) >= 11 is -0.318. The molecule has 0 radical (unpaired) electrons. The van der Waals surface area contributed by atoms with E-state index in [1.54, 1.807) is 86.6 Å². The fourth-order valence-corrected chi connectivity index (χ4v) is 7.05. The van der Waals surface area contributed by atoms with Gasteiger partial charge < -0.3 is 25.4 Å². The van der Waals surface area contributed by atoms with E-state index in [0.29, 0.717) is 33.8 Å². The Balaban J connectivity index is 1.35. The van der Waals surface area contributed by atoms with Crippen LogP contribution in [0.2, 0.25) is 0 Å². The van der Waals surface area contributed by atoms with Gasteiger partial charge in [0.1, 0.15) is 28.7 Å². The van der Waals surface area contributed by atoms with Crippen LogP contribution >= 0.6 is 11.8 Å². The van der Waals surface area contributed by atoms with Gasteiger partial charge in [-0.3, -0.25) is 14.4 Å². The van der Waals surface area contributed by atoms with Crippen LogP contribution < -0.4 is 30.3 Å². The number of amides is 5. The van der Waals surface area contributed by atoms with E-state index in [1.165, 1.54) is 50.9 Å². The summed E-state index contributed by atoms with van der Waals surface area (Å²) in [7, 11) is 3.03. The number of nitrogens with one attached hydrogen (secondary N) is 3. The molecule has 3 heterocycles. The van der Waals surface area contributed by atoms with Crippen molar-refractivity contribution < 1.29 is 41.8 Å². The number of rotatable bonds is 12. The Morgan fingerprint density at radius 3 is 1.59 bits per heavy atom. The molecule has 1 saturated heterocycles. The summed E-state index contributed by atoms with van der Waals surface area (Å²) in [4.78, 5) is 64.3. The highest BCUT2D eigenvalue weighted by Gasteiger charge is 2.58. The Morgan fingerprint density at radius 2 is 1.18 bits per heavy atom. The van der Waals surface area contributed by atoms with Crippen molar-refractivity contribution in [2.75, 3.05) is 29.8 Å². The normalized spacial score (nSPS) is 16.4. The van der Waals surface area contributed by atoms with Gasteiger partial charge in [0.15, 0.2) is 0 Å². The molecule has 3 aromatic carbocycles. The number of carbonyl (C=O) groups is 4. The smallest absolute Gasteiger partial charge is 0.446 e. The van der Waals surface area contributed by atoms with Crippen molar-refractivity contribution in [1.29, 1.82) is 0 Å². The van der Waals surface area contributed by atoms with E-state index in [0.717, 1.165) is 4.90 Å². The molecule has 1 fully saturated rings. The number of imide groups is 1. The van der Waals surface area contributed by atoms with Gasteiger partial charge in [-0.15, -0.1) is 0 Å². The number of anilines is 3. The first-order chi connectivity index (χ1) is 26.7. The number of methoxy groups -OCH3 is 2. The van der Waals surface area contributed by atoms with E-state index in [9.17, 15) is 32.3 Å².